The zero-order chi connectivity index (χ0) is 24.2. The lowest BCUT2D eigenvalue weighted by Crippen LogP contribution is -2.27. The number of pyridine rings is 1. The third kappa shape index (κ3) is 4.67. The zero-order valence-electron chi connectivity index (χ0n) is 18.7. The van der Waals surface area contributed by atoms with Crippen LogP contribution < -0.4 is 10.9 Å². The Balaban J connectivity index is 1.73. The van der Waals surface area contributed by atoms with Crippen molar-refractivity contribution in [2.24, 2.45) is 7.05 Å². The molecule has 1 fully saturated rings. The minimum Gasteiger partial charge on any atom is -0.367 e. The number of hydrogen-bond acceptors (Lipinski definition) is 6. The van der Waals surface area contributed by atoms with Crippen LogP contribution in [0.4, 0.5) is 5.82 Å². The standard InChI is InChI=1S/C26H22N4O2S2/c1-17-20(13-22-25(32)30(26(33)34-22)16-19-11-7-4-8-12-19)23(29(2)24(31)21(17)14-27)28-15-18-9-5-3-6-10-18/h3-13,28H,15-16H2,1-2H3/b22-13+. The normalized spacial score (nSPS) is 14.5. The van der Waals surface area contributed by atoms with Crippen molar-refractivity contribution in [1.29, 1.82) is 5.26 Å². The van der Waals surface area contributed by atoms with E-state index in [0.717, 1.165) is 11.1 Å². The molecular formula is C26H22N4O2S2. The highest BCUT2D eigenvalue weighted by molar-refractivity contribution is 8.26. The average Bonchev–Trinajstić information content (AvgIpc) is 3.11. The van der Waals surface area contributed by atoms with Crippen molar-refractivity contribution in [1.82, 2.24) is 9.47 Å². The molecule has 2 aromatic carbocycles. The second kappa shape index (κ2) is 10.1. The van der Waals surface area contributed by atoms with Crippen LogP contribution in [0.2, 0.25) is 0 Å². The summed E-state index contributed by atoms with van der Waals surface area (Å²) in [4.78, 5) is 28.0. The van der Waals surface area contributed by atoms with Crippen molar-refractivity contribution in [3.8, 4) is 6.07 Å². The molecule has 2 heterocycles. The molecule has 4 rings (SSSR count). The molecule has 3 aromatic rings. The number of amides is 1. The molecule has 0 atom stereocenters. The third-order valence-electron chi connectivity index (χ3n) is 5.64. The highest BCUT2D eigenvalue weighted by atomic mass is 32.2. The third-order valence-corrected chi connectivity index (χ3v) is 7.01. The van der Waals surface area contributed by atoms with E-state index in [-0.39, 0.29) is 17.0 Å². The summed E-state index contributed by atoms with van der Waals surface area (Å²) in [7, 11) is 1.62. The van der Waals surface area contributed by atoms with Gasteiger partial charge in [-0.15, -0.1) is 0 Å². The topological polar surface area (TPSA) is 78.1 Å². The Morgan fingerprint density at radius 3 is 2.29 bits per heavy atom. The summed E-state index contributed by atoms with van der Waals surface area (Å²) in [5, 5.41) is 12.9. The maximum absolute atomic E-state index is 13.2. The minimum atomic E-state index is -0.385. The van der Waals surface area contributed by atoms with Crippen LogP contribution in [0.3, 0.4) is 0 Å². The first-order valence-electron chi connectivity index (χ1n) is 10.6. The molecule has 1 N–H and O–H groups in total. The van der Waals surface area contributed by atoms with Gasteiger partial charge < -0.3 is 5.32 Å². The summed E-state index contributed by atoms with van der Waals surface area (Å²) < 4.78 is 1.90. The van der Waals surface area contributed by atoms with E-state index in [1.165, 1.54) is 16.3 Å². The number of nitriles is 1. The van der Waals surface area contributed by atoms with Crippen LogP contribution in [0.15, 0.2) is 70.4 Å². The molecule has 0 saturated carbocycles. The number of carbonyl (C=O) groups is 1. The molecule has 8 heteroatoms. The fourth-order valence-electron chi connectivity index (χ4n) is 3.76. The van der Waals surface area contributed by atoms with Crippen molar-refractivity contribution >= 4 is 46.1 Å². The monoisotopic (exact) mass is 486 g/mol. The van der Waals surface area contributed by atoms with Crippen molar-refractivity contribution in [2.45, 2.75) is 20.0 Å². The number of aromatic nitrogens is 1. The summed E-state index contributed by atoms with van der Waals surface area (Å²) in [5.74, 6) is 0.346. The molecule has 0 radical (unpaired) electrons. The average molecular weight is 487 g/mol. The molecule has 1 aliphatic rings. The zero-order valence-corrected chi connectivity index (χ0v) is 20.4. The highest BCUT2D eigenvalue weighted by Gasteiger charge is 2.32. The van der Waals surface area contributed by atoms with Gasteiger partial charge in [-0.05, 0) is 29.7 Å². The lowest BCUT2D eigenvalue weighted by atomic mass is 10.0. The Morgan fingerprint density at radius 1 is 1.06 bits per heavy atom. The Hall–Kier alpha value is -3.67. The van der Waals surface area contributed by atoms with Crippen molar-refractivity contribution in [3.63, 3.8) is 0 Å². The number of benzene rings is 2. The molecule has 6 nitrogen and oxygen atoms in total. The van der Waals surface area contributed by atoms with Gasteiger partial charge in [-0.25, -0.2) is 0 Å². The maximum Gasteiger partial charge on any atom is 0.270 e. The number of thioether (sulfide) groups is 1. The Morgan fingerprint density at radius 2 is 1.68 bits per heavy atom. The van der Waals surface area contributed by atoms with Crippen LogP contribution in [-0.4, -0.2) is 19.7 Å². The van der Waals surface area contributed by atoms with E-state index in [2.05, 4.69) is 5.32 Å². The SMILES string of the molecule is Cc1c(/C=C2/SC(=S)N(Cc3ccccc3)C2=O)c(NCc2ccccc2)n(C)c(=O)c1C#N. The maximum atomic E-state index is 13.2. The second-order valence-corrected chi connectivity index (χ2v) is 9.51. The summed E-state index contributed by atoms with van der Waals surface area (Å²) in [5.41, 5.74) is 2.83. The number of thiocarbonyl (C=S) groups is 1. The van der Waals surface area contributed by atoms with Crippen molar-refractivity contribution in [2.75, 3.05) is 5.32 Å². The van der Waals surface area contributed by atoms with Crippen molar-refractivity contribution in [3.05, 3.63) is 104 Å². The quantitative estimate of drug-likeness (QED) is 0.406. The van der Waals surface area contributed by atoms with E-state index < -0.39 is 0 Å². The molecule has 34 heavy (non-hydrogen) atoms. The number of nitrogens with zero attached hydrogens (tertiary/aromatic N) is 3. The minimum absolute atomic E-state index is 0.0544. The molecule has 0 bridgehead atoms. The van der Waals surface area contributed by atoms with E-state index in [4.69, 9.17) is 12.2 Å². The van der Waals surface area contributed by atoms with E-state index in [1.807, 2.05) is 66.7 Å². The predicted molar refractivity (Wildman–Crippen MR) is 140 cm³/mol. The van der Waals surface area contributed by atoms with E-state index in [9.17, 15) is 14.9 Å². The van der Waals surface area contributed by atoms with Gasteiger partial charge in [0.2, 0.25) is 0 Å². The Kier molecular flexibility index (Phi) is 6.96. The number of rotatable bonds is 6. The Labute approximate surface area is 207 Å². The summed E-state index contributed by atoms with van der Waals surface area (Å²) in [6.07, 6.45) is 1.73. The van der Waals surface area contributed by atoms with E-state index in [1.54, 1.807) is 24.9 Å². The van der Waals surface area contributed by atoms with Gasteiger partial charge >= 0.3 is 0 Å². The first-order valence-corrected chi connectivity index (χ1v) is 11.8. The molecule has 0 unspecified atom stereocenters. The largest absolute Gasteiger partial charge is 0.367 e. The van der Waals surface area contributed by atoms with Gasteiger partial charge in [-0.2, -0.15) is 5.26 Å². The van der Waals surface area contributed by atoms with Gasteiger partial charge in [0.25, 0.3) is 11.5 Å². The number of anilines is 1. The first-order chi connectivity index (χ1) is 16.4. The number of hydrogen-bond donors (Lipinski definition) is 1. The molecule has 1 aromatic heterocycles. The van der Waals surface area contributed by atoms with Crippen LogP contribution in [0.1, 0.15) is 27.8 Å². The first kappa shape index (κ1) is 23.5. The van der Waals surface area contributed by atoms with Gasteiger partial charge in [-0.3, -0.25) is 19.1 Å². The molecule has 170 valence electrons. The van der Waals surface area contributed by atoms with Gasteiger partial charge in [-0.1, -0.05) is 84.6 Å². The smallest absolute Gasteiger partial charge is 0.270 e. The van der Waals surface area contributed by atoms with Gasteiger partial charge in [0.05, 0.1) is 11.4 Å². The lowest BCUT2D eigenvalue weighted by molar-refractivity contribution is -0.122. The molecule has 0 aliphatic carbocycles. The Bertz CT molecular complexity index is 1390. The molecule has 1 saturated heterocycles. The van der Waals surface area contributed by atoms with Crippen LogP contribution in [0.5, 0.6) is 0 Å². The molecular weight excluding hydrogens is 464 g/mol. The van der Waals surface area contributed by atoms with Crippen LogP contribution in [-0.2, 0) is 24.9 Å². The van der Waals surface area contributed by atoms with E-state index >= 15 is 0 Å². The van der Waals surface area contributed by atoms with Gasteiger partial charge in [0.15, 0.2) is 0 Å². The second-order valence-electron chi connectivity index (χ2n) is 7.83. The summed E-state index contributed by atoms with van der Waals surface area (Å²) in [6, 6.07) is 21.5. The van der Waals surface area contributed by atoms with Crippen molar-refractivity contribution < 1.29 is 4.79 Å². The lowest BCUT2D eigenvalue weighted by Gasteiger charge is -2.18. The molecule has 1 aliphatic heterocycles. The number of carbonyl (C=O) groups excluding carboxylic acids is 1. The summed E-state index contributed by atoms with van der Waals surface area (Å²) in [6.45, 7) is 2.59. The van der Waals surface area contributed by atoms with Gasteiger partial charge in [0.1, 0.15) is 21.8 Å². The molecule has 0 spiro atoms. The van der Waals surface area contributed by atoms with Gasteiger partial charge in [0, 0.05) is 19.2 Å². The molecule has 1 amide bonds. The van der Waals surface area contributed by atoms with E-state index in [0.29, 0.717) is 39.3 Å². The fraction of sp³-hybridized carbons (Fsp3) is 0.154. The highest BCUT2D eigenvalue weighted by Crippen LogP contribution is 2.35. The summed E-state index contributed by atoms with van der Waals surface area (Å²) >= 11 is 6.71. The fourth-order valence-corrected chi connectivity index (χ4v) is 5.00. The van der Waals surface area contributed by atoms with Crippen LogP contribution in [0.25, 0.3) is 6.08 Å². The number of nitrogens with one attached hydrogen (secondary N) is 1. The predicted octanol–water partition coefficient (Wildman–Crippen LogP) is 4.58. The van der Waals surface area contributed by atoms with Crippen LogP contribution in [0, 0.1) is 18.3 Å². The van der Waals surface area contributed by atoms with Crippen LogP contribution >= 0.6 is 24.0 Å².